The molecule has 0 atom stereocenters. The number of hydrogen-bond acceptors (Lipinski definition) is 2. The number of carbonyl (C=O) groups excluding carboxylic acids is 2. The van der Waals surface area contributed by atoms with Crippen LogP contribution in [0, 0.1) is 5.92 Å². The van der Waals surface area contributed by atoms with E-state index in [-0.39, 0.29) is 24.0 Å². The van der Waals surface area contributed by atoms with E-state index in [4.69, 9.17) is 0 Å². The molecule has 2 aliphatic rings. The number of hydrogen-bond donors (Lipinski definition) is 2. The minimum atomic E-state index is -0.0953. The van der Waals surface area contributed by atoms with Crippen molar-refractivity contribution in [3.8, 4) is 0 Å². The maximum absolute atomic E-state index is 12.5. The van der Waals surface area contributed by atoms with E-state index < -0.39 is 0 Å². The SMILES string of the molecule is CC(C)NC(=O)NC1CCN(C(=O)C2CCCCC2)CC1. The predicted octanol–water partition coefficient (Wildman–Crippen LogP) is 2.27. The van der Waals surface area contributed by atoms with Crippen LogP contribution in [0.5, 0.6) is 0 Å². The van der Waals surface area contributed by atoms with Crippen molar-refractivity contribution in [1.82, 2.24) is 15.5 Å². The highest BCUT2D eigenvalue weighted by Crippen LogP contribution is 2.26. The molecule has 120 valence electrons. The molecule has 1 aliphatic carbocycles. The average Bonchev–Trinajstić information content (AvgIpc) is 2.47. The van der Waals surface area contributed by atoms with Gasteiger partial charge in [0.15, 0.2) is 0 Å². The van der Waals surface area contributed by atoms with Crippen molar-refractivity contribution < 1.29 is 9.59 Å². The quantitative estimate of drug-likeness (QED) is 0.839. The van der Waals surface area contributed by atoms with Gasteiger partial charge in [0.05, 0.1) is 0 Å². The van der Waals surface area contributed by atoms with Crippen LogP contribution in [-0.2, 0) is 4.79 Å². The van der Waals surface area contributed by atoms with Gasteiger partial charge in [0.25, 0.3) is 0 Å². The third-order valence-electron chi connectivity index (χ3n) is 4.52. The molecule has 0 aromatic rings. The first-order valence-electron chi connectivity index (χ1n) is 8.42. The molecule has 0 spiro atoms. The number of rotatable bonds is 3. The highest BCUT2D eigenvalue weighted by molar-refractivity contribution is 5.79. The molecule has 1 heterocycles. The monoisotopic (exact) mass is 295 g/mol. The summed E-state index contributed by atoms with van der Waals surface area (Å²) in [6.07, 6.45) is 7.53. The zero-order valence-corrected chi connectivity index (χ0v) is 13.4. The first-order chi connectivity index (χ1) is 10.1. The predicted molar refractivity (Wildman–Crippen MR) is 83.0 cm³/mol. The van der Waals surface area contributed by atoms with E-state index in [2.05, 4.69) is 10.6 Å². The second kappa shape index (κ2) is 7.66. The Balaban J connectivity index is 1.72. The van der Waals surface area contributed by atoms with Gasteiger partial charge in [-0.15, -0.1) is 0 Å². The molecule has 0 unspecified atom stereocenters. The fraction of sp³-hybridized carbons (Fsp3) is 0.875. The maximum Gasteiger partial charge on any atom is 0.315 e. The highest BCUT2D eigenvalue weighted by Gasteiger charge is 2.29. The van der Waals surface area contributed by atoms with E-state index in [9.17, 15) is 9.59 Å². The number of nitrogens with zero attached hydrogens (tertiary/aromatic N) is 1. The molecule has 5 nitrogen and oxygen atoms in total. The van der Waals surface area contributed by atoms with Crippen LogP contribution in [0.2, 0.25) is 0 Å². The zero-order valence-electron chi connectivity index (χ0n) is 13.4. The molecule has 2 rings (SSSR count). The van der Waals surface area contributed by atoms with Crippen molar-refractivity contribution >= 4 is 11.9 Å². The lowest BCUT2D eigenvalue weighted by Gasteiger charge is -2.35. The summed E-state index contributed by atoms with van der Waals surface area (Å²) in [7, 11) is 0. The van der Waals surface area contributed by atoms with E-state index in [1.54, 1.807) is 0 Å². The van der Waals surface area contributed by atoms with Gasteiger partial charge in [-0.05, 0) is 39.5 Å². The number of amides is 3. The van der Waals surface area contributed by atoms with Crippen molar-refractivity contribution in [2.75, 3.05) is 13.1 Å². The van der Waals surface area contributed by atoms with Crippen LogP contribution in [-0.4, -0.2) is 42.0 Å². The molecule has 0 radical (unpaired) electrons. The summed E-state index contributed by atoms with van der Waals surface area (Å²) in [5.41, 5.74) is 0. The summed E-state index contributed by atoms with van der Waals surface area (Å²) in [6.45, 7) is 5.46. The Labute approximate surface area is 127 Å². The summed E-state index contributed by atoms with van der Waals surface area (Å²) < 4.78 is 0. The van der Waals surface area contributed by atoms with Crippen LogP contribution < -0.4 is 10.6 Å². The van der Waals surface area contributed by atoms with Crippen molar-refractivity contribution in [2.24, 2.45) is 5.92 Å². The van der Waals surface area contributed by atoms with Gasteiger partial charge in [0, 0.05) is 31.1 Å². The van der Waals surface area contributed by atoms with E-state index in [1.165, 1.54) is 19.3 Å². The van der Waals surface area contributed by atoms with Gasteiger partial charge in [0.2, 0.25) is 5.91 Å². The largest absolute Gasteiger partial charge is 0.342 e. The molecule has 3 amide bonds. The Morgan fingerprint density at radius 1 is 1.00 bits per heavy atom. The van der Waals surface area contributed by atoms with E-state index in [1.807, 2.05) is 18.7 Å². The van der Waals surface area contributed by atoms with Crippen molar-refractivity contribution in [3.63, 3.8) is 0 Å². The van der Waals surface area contributed by atoms with Crippen LogP contribution >= 0.6 is 0 Å². The van der Waals surface area contributed by atoms with Crippen LogP contribution in [0.1, 0.15) is 58.8 Å². The molecule has 0 aromatic carbocycles. The topological polar surface area (TPSA) is 61.4 Å². The van der Waals surface area contributed by atoms with Crippen LogP contribution in [0.25, 0.3) is 0 Å². The molecule has 2 fully saturated rings. The number of piperidine rings is 1. The van der Waals surface area contributed by atoms with Gasteiger partial charge in [-0.2, -0.15) is 0 Å². The molecule has 0 aromatic heterocycles. The van der Waals surface area contributed by atoms with Crippen molar-refractivity contribution in [1.29, 1.82) is 0 Å². The van der Waals surface area contributed by atoms with Gasteiger partial charge in [-0.3, -0.25) is 4.79 Å². The second-order valence-electron chi connectivity index (χ2n) is 6.71. The number of likely N-dealkylation sites (tertiary alicyclic amines) is 1. The van der Waals surface area contributed by atoms with Crippen LogP contribution in [0.15, 0.2) is 0 Å². The Kier molecular flexibility index (Phi) is 5.88. The van der Waals surface area contributed by atoms with Gasteiger partial charge in [0.1, 0.15) is 0 Å². The molecule has 1 saturated carbocycles. The Morgan fingerprint density at radius 2 is 1.62 bits per heavy atom. The molecular weight excluding hydrogens is 266 g/mol. The van der Waals surface area contributed by atoms with Gasteiger partial charge < -0.3 is 15.5 Å². The van der Waals surface area contributed by atoms with E-state index in [0.29, 0.717) is 5.91 Å². The lowest BCUT2D eigenvalue weighted by atomic mass is 9.87. The minimum Gasteiger partial charge on any atom is -0.342 e. The molecule has 2 N–H and O–H groups in total. The minimum absolute atomic E-state index is 0.0953. The van der Waals surface area contributed by atoms with E-state index >= 15 is 0 Å². The lowest BCUT2D eigenvalue weighted by Crippen LogP contribution is -2.51. The summed E-state index contributed by atoms with van der Waals surface area (Å²) in [4.78, 5) is 26.1. The number of urea groups is 1. The molecule has 1 aliphatic heterocycles. The summed E-state index contributed by atoms with van der Waals surface area (Å²) in [5, 5.41) is 5.85. The summed E-state index contributed by atoms with van der Waals surface area (Å²) in [5.74, 6) is 0.604. The smallest absolute Gasteiger partial charge is 0.315 e. The fourth-order valence-corrected chi connectivity index (χ4v) is 3.34. The second-order valence-corrected chi connectivity index (χ2v) is 6.71. The van der Waals surface area contributed by atoms with Crippen molar-refractivity contribution in [2.45, 2.75) is 70.9 Å². The van der Waals surface area contributed by atoms with Crippen molar-refractivity contribution in [3.05, 3.63) is 0 Å². The summed E-state index contributed by atoms with van der Waals surface area (Å²) >= 11 is 0. The standard InChI is InChI=1S/C16H29N3O2/c1-12(2)17-16(21)18-14-8-10-19(11-9-14)15(20)13-6-4-3-5-7-13/h12-14H,3-11H2,1-2H3,(H2,17,18,21). The number of carbonyl (C=O) groups is 2. The highest BCUT2D eigenvalue weighted by atomic mass is 16.2. The first-order valence-corrected chi connectivity index (χ1v) is 8.42. The summed E-state index contributed by atoms with van der Waals surface area (Å²) in [6, 6.07) is 0.249. The zero-order chi connectivity index (χ0) is 15.2. The third-order valence-corrected chi connectivity index (χ3v) is 4.52. The van der Waals surface area contributed by atoms with Gasteiger partial charge in [-0.1, -0.05) is 19.3 Å². The Hall–Kier alpha value is -1.26. The molecule has 21 heavy (non-hydrogen) atoms. The lowest BCUT2D eigenvalue weighted by molar-refractivity contribution is -0.137. The molecular formula is C16H29N3O2. The third kappa shape index (κ3) is 4.90. The number of nitrogens with one attached hydrogen (secondary N) is 2. The molecule has 0 bridgehead atoms. The van der Waals surface area contributed by atoms with Gasteiger partial charge >= 0.3 is 6.03 Å². The molecule has 5 heteroatoms. The molecule has 1 saturated heterocycles. The normalized spacial score (nSPS) is 21.4. The maximum atomic E-state index is 12.5. The van der Waals surface area contributed by atoms with Crippen LogP contribution in [0.4, 0.5) is 4.79 Å². The van der Waals surface area contributed by atoms with Gasteiger partial charge in [-0.25, -0.2) is 4.79 Å². The van der Waals surface area contributed by atoms with Crippen LogP contribution in [0.3, 0.4) is 0 Å². The average molecular weight is 295 g/mol. The first kappa shape index (κ1) is 16.1. The Morgan fingerprint density at radius 3 is 2.19 bits per heavy atom. The van der Waals surface area contributed by atoms with E-state index in [0.717, 1.165) is 38.8 Å². The fourth-order valence-electron chi connectivity index (χ4n) is 3.34. The Bertz CT molecular complexity index is 357.